The number of halogens is 2. The quantitative estimate of drug-likeness (QED) is 0.572. The summed E-state index contributed by atoms with van der Waals surface area (Å²) in [6, 6.07) is 5.54. The lowest BCUT2D eigenvalue weighted by Crippen LogP contribution is -2.11. The normalized spacial score (nSPS) is 10.8. The number of benzene rings is 1. The zero-order chi connectivity index (χ0) is 12.0. The van der Waals surface area contributed by atoms with Crippen molar-refractivity contribution in [2.24, 2.45) is 0 Å². The molecule has 0 N–H and O–H groups in total. The van der Waals surface area contributed by atoms with Crippen LogP contribution < -0.4 is 4.74 Å². The fourth-order valence-corrected chi connectivity index (χ4v) is 1.60. The fourth-order valence-electron chi connectivity index (χ4n) is 1.18. The first-order chi connectivity index (χ1) is 7.63. The molecule has 0 amide bonds. The second kappa shape index (κ2) is 7.00. The third kappa shape index (κ3) is 4.60. The summed E-state index contributed by atoms with van der Waals surface area (Å²) in [4.78, 5) is 0. The van der Waals surface area contributed by atoms with Crippen LogP contribution in [0.2, 0.25) is 5.02 Å². The molecular formula is C12H16Cl2O2. The van der Waals surface area contributed by atoms with Gasteiger partial charge in [-0.15, -0.1) is 11.6 Å². The highest BCUT2D eigenvalue weighted by Crippen LogP contribution is 2.25. The van der Waals surface area contributed by atoms with Crippen molar-refractivity contribution in [1.29, 1.82) is 0 Å². The van der Waals surface area contributed by atoms with E-state index in [0.717, 1.165) is 5.56 Å². The summed E-state index contributed by atoms with van der Waals surface area (Å²) in [5.74, 6) is 1.12. The molecule has 0 unspecified atom stereocenters. The zero-order valence-corrected chi connectivity index (χ0v) is 11.0. The Morgan fingerprint density at radius 3 is 2.56 bits per heavy atom. The van der Waals surface area contributed by atoms with E-state index in [-0.39, 0.29) is 6.10 Å². The highest BCUT2D eigenvalue weighted by molar-refractivity contribution is 6.32. The van der Waals surface area contributed by atoms with E-state index in [9.17, 15) is 0 Å². The zero-order valence-electron chi connectivity index (χ0n) is 9.50. The minimum Gasteiger partial charge on any atom is -0.490 e. The lowest BCUT2D eigenvalue weighted by molar-refractivity contribution is 0.0553. The van der Waals surface area contributed by atoms with E-state index in [2.05, 4.69) is 0 Å². The summed E-state index contributed by atoms with van der Waals surface area (Å²) in [5.41, 5.74) is 0.984. The van der Waals surface area contributed by atoms with Gasteiger partial charge in [0.25, 0.3) is 0 Å². The van der Waals surface area contributed by atoms with Crippen LogP contribution in [0.1, 0.15) is 19.4 Å². The molecule has 1 aromatic carbocycles. The maximum Gasteiger partial charge on any atom is 0.138 e. The average Bonchev–Trinajstić information content (AvgIpc) is 2.25. The van der Waals surface area contributed by atoms with Crippen LogP contribution in [0.3, 0.4) is 0 Å². The second-order valence-electron chi connectivity index (χ2n) is 3.67. The molecule has 0 spiro atoms. The summed E-state index contributed by atoms with van der Waals surface area (Å²) in [7, 11) is 0. The Morgan fingerprint density at radius 2 is 2.00 bits per heavy atom. The number of hydrogen-bond acceptors (Lipinski definition) is 2. The van der Waals surface area contributed by atoms with Gasteiger partial charge in [-0.05, 0) is 31.5 Å². The van der Waals surface area contributed by atoms with Crippen molar-refractivity contribution in [3.8, 4) is 5.75 Å². The molecule has 4 heteroatoms. The Morgan fingerprint density at radius 1 is 1.25 bits per heavy atom. The molecule has 2 nitrogen and oxygen atoms in total. The Kier molecular flexibility index (Phi) is 5.96. The molecule has 0 aliphatic carbocycles. The molecule has 0 aromatic heterocycles. The van der Waals surface area contributed by atoms with Gasteiger partial charge in [0, 0.05) is 5.88 Å². The van der Waals surface area contributed by atoms with Gasteiger partial charge in [0.05, 0.1) is 17.7 Å². The van der Waals surface area contributed by atoms with Crippen molar-refractivity contribution in [2.45, 2.75) is 25.8 Å². The first-order valence-corrected chi connectivity index (χ1v) is 6.13. The number of rotatable bonds is 6. The molecule has 0 aliphatic heterocycles. The highest BCUT2D eigenvalue weighted by atomic mass is 35.5. The summed E-state index contributed by atoms with van der Waals surface area (Å²) < 4.78 is 10.8. The molecule has 0 bridgehead atoms. The smallest absolute Gasteiger partial charge is 0.138 e. The molecule has 0 atom stereocenters. The van der Waals surface area contributed by atoms with Crippen LogP contribution in [0.25, 0.3) is 0 Å². The standard InChI is InChI=1S/C12H16Cl2O2/c1-9(2)15-5-6-16-12-4-3-10(8-13)7-11(12)14/h3-4,7,9H,5-6,8H2,1-2H3. The SMILES string of the molecule is CC(C)OCCOc1ccc(CCl)cc1Cl. The van der Waals surface area contributed by atoms with Gasteiger partial charge in [0.1, 0.15) is 12.4 Å². The summed E-state index contributed by atoms with van der Waals surface area (Å²) >= 11 is 11.7. The van der Waals surface area contributed by atoms with Crippen molar-refractivity contribution >= 4 is 23.2 Å². The minimum atomic E-state index is 0.220. The van der Waals surface area contributed by atoms with E-state index in [1.54, 1.807) is 0 Å². The Balaban J connectivity index is 2.42. The lowest BCUT2D eigenvalue weighted by Gasteiger charge is -2.10. The van der Waals surface area contributed by atoms with Gasteiger partial charge in [0.15, 0.2) is 0 Å². The maximum absolute atomic E-state index is 6.03. The molecule has 90 valence electrons. The van der Waals surface area contributed by atoms with Crippen LogP contribution in [-0.4, -0.2) is 19.3 Å². The molecule has 16 heavy (non-hydrogen) atoms. The third-order valence-corrected chi connectivity index (χ3v) is 2.55. The molecule has 0 aliphatic rings. The predicted octanol–water partition coefficient (Wildman–Crippen LogP) is 3.88. The van der Waals surface area contributed by atoms with Crippen molar-refractivity contribution in [1.82, 2.24) is 0 Å². The summed E-state index contributed by atoms with van der Waals surface area (Å²) in [6.07, 6.45) is 0.220. The van der Waals surface area contributed by atoms with Gasteiger partial charge >= 0.3 is 0 Å². The predicted molar refractivity (Wildman–Crippen MR) is 67.6 cm³/mol. The third-order valence-electron chi connectivity index (χ3n) is 1.94. The maximum atomic E-state index is 6.03. The largest absolute Gasteiger partial charge is 0.490 e. The fraction of sp³-hybridized carbons (Fsp3) is 0.500. The van der Waals surface area contributed by atoms with Crippen LogP contribution in [-0.2, 0) is 10.6 Å². The van der Waals surface area contributed by atoms with Crippen LogP contribution in [0.15, 0.2) is 18.2 Å². The minimum absolute atomic E-state index is 0.220. The van der Waals surface area contributed by atoms with Crippen molar-refractivity contribution in [3.63, 3.8) is 0 Å². The van der Waals surface area contributed by atoms with E-state index >= 15 is 0 Å². The van der Waals surface area contributed by atoms with Gasteiger partial charge < -0.3 is 9.47 Å². The topological polar surface area (TPSA) is 18.5 Å². The van der Waals surface area contributed by atoms with Gasteiger partial charge in [-0.3, -0.25) is 0 Å². The second-order valence-corrected chi connectivity index (χ2v) is 4.34. The number of ether oxygens (including phenoxy) is 2. The Hall–Kier alpha value is -0.440. The first-order valence-electron chi connectivity index (χ1n) is 5.22. The molecule has 0 saturated heterocycles. The molecular weight excluding hydrogens is 247 g/mol. The molecule has 1 rings (SSSR count). The Bertz CT molecular complexity index is 327. The van der Waals surface area contributed by atoms with E-state index in [4.69, 9.17) is 32.7 Å². The first kappa shape index (κ1) is 13.6. The van der Waals surface area contributed by atoms with Crippen molar-refractivity contribution in [3.05, 3.63) is 28.8 Å². The van der Waals surface area contributed by atoms with E-state index in [1.165, 1.54) is 0 Å². The van der Waals surface area contributed by atoms with Crippen LogP contribution >= 0.6 is 23.2 Å². The van der Waals surface area contributed by atoms with Gasteiger partial charge in [0.2, 0.25) is 0 Å². The molecule has 0 radical (unpaired) electrons. The molecule has 0 fully saturated rings. The van der Waals surface area contributed by atoms with Crippen molar-refractivity contribution < 1.29 is 9.47 Å². The van der Waals surface area contributed by atoms with Gasteiger partial charge in [-0.2, -0.15) is 0 Å². The van der Waals surface area contributed by atoms with Gasteiger partial charge in [-0.1, -0.05) is 17.7 Å². The van der Waals surface area contributed by atoms with Crippen molar-refractivity contribution in [2.75, 3.05) is 13.2 Å². The molecule has 0 saturated carbocycles. The average molecular weight is 263 g/mol. The summed E-state index contributed by atoms with van der Waals surface area (Å²) in [6.45, 7) is 5.04. The monoisotopic (exact) mass is 262 g/mol. The van der Waals surface area contributed by atoms with Gasteiger partial charge in [-0.25, -0.2) is 0 Å². The lowest BCUT2D eigenvalue weighted by atomic mass is 10.2. The number of alkyl halides is 1. The van der Waals surface area contributed by atoms with Crippen LogP contribution in [0, 0.1) is 0 Å². The molecule has 0 heterocycles. The summed E-state index contributed by atoms with van der Waals surface area (Å²) in [5, 5.41) is 0.586. The van der Waals surface area contributed by atoms with Crippen LogP contribution in [0.5, 0.6) is 5.75 Å². The van der Waals surface area contributed by atoms with E-state index < -0.39 is 0 Å². The van der Waals surface area contributed by atoms with E-state index in [1.807, 2.05) is 32.0 Å². The molecule has 1 aromatic rings. The number of hydrogen-bond donors (Lipinski definition) is 0. The van der Waals surface area contributed by atoms with E-state index in [0.29, 0.717) is 29.9 Å². The van der Waals surface area contributed by atoms with Crippen LogP contribution in [0.4, 0.5) is 0 Å². The highest BCUT2D eigenvalue weighted by Gasteiger charge is 2.02. The Labute approximate surface area is 106 Å².